The van der Waals surface area contributed by atoms with Crippen molar-refractivity contribution in [3.63, 3.8) is 0 Å². The van der Waals surface area contributed by atoms with Crippen LogP contribution in [0.15, 0.2) is 35.0 Å². The third-order valence-electron chi connectivity index (χ3n) is 3.97. The van der Waals surface area contributed by atoms with E-state index in [9.17, 15) is 4.79 Å². The fourth-order valence-electron chi connectivity index (χ4n) is 2.41. The molecule has 2 heterocycles. The highest BCUT2D eigenvalue weighted by Crippen LogP contribution is 2.22. The Balaban J connectivity index is 1.50. The van der Waals surface area contributed by atoms with E-state index in [1.54, 1.807) is 18.3 Å². The molecule has 0 aliphatic heterocycles. The molecule has 1 N–H and O–H groups in total. The van der Waals surface area contributed by atoms with Crippen LogP contribution in [0.1, 0.15) is 54.9 Å². The molecule has 0 aliphatic carbocycles. The van der Waals surface area contributed by atoms with Crippen molar-refractivity contribution in [3.05, 3.63) is 58.2 Å². The number of hydrogen-bond donors (Lipinski definition) is 1. The molecule has 1 aromatic carbocycles. The number of hydrogen-bond acceptors (Lipinski definition) is 7. The maximum Gasteiger partial charge on any atom is 0.227 e. The number of aromatic nitrogens is 3. The zero-order valence-corrected chi connectivity index (χ0v) is 16.8. The van der Waals surface area contributed by atoms with Crippen molar-refractivity contribution < 1.29 is 9.32 Å². The molecule has 7 nitrogen and oxygen atoms in total. The summed E-state index contributed by atoms with van der Waals surface area (Å²) in [4.78, 5) is 21.8. The van der Waals surface area contributed by atoms with E-state index in [4.69, 9.17) is 9.78 Å². The van der Waals surface area contributed by atoms with Gasteiger partial charge in [0.15, 0.2) is 11.0 Å². The molecule has 0 atom stereocenters. The molecule has 144 valence electrons. The summed E-state index contributed by atoms with van der Waals surface area (Å²) < 4.78 is 5.20. The van der Waals surface area contributed by atoms with Crippen LogP contribution in [0.4, 0.5) is 5.13 Å². The fourth-order valence-corrected chi connectivity index (χ4v) is 3.27. The average Bonchev–Trinajstić information content (AvgIpc) is 3.30. The number of carbonyl (C=O) groups excluding carboxylic acids is 1. The molecule has 3 aromatic rings. The van der Waals surface area contributed by atoms with Crippen LogP contribution in [0.2, 0.25) is 0 Å². The van der Waals surface area contributed by atoms with E-state index >= 15 is 0 Å². The average molecular weight is 395 g/mol. The van der Waals surface area contributed by atoms with Crippen molar-refractivity contribution in [2.24, 2.45) is 0 Å². The molecule has 0 aliphatic rings. The molecule has 0 unspecified atom stereocenters. The minimum Gasteiger partial charge on any atom is -0.339 e. The van der Waals surface area contributed by atoms with E-state index < -0.39 is 0 Å². The number of nitrogens with one attached hydrogen (secondary N) is 1. The van der Waals surface area contributed by atoms with Crippen LogP contribution >= 0.6 is 11.3 Å². The van der Waals surface area contributed by atoms with Gasteiger partial charge in [-0.3, -0.25) is 4.79 Å². The van der Waals surface area contributed by atoms with E-state index in [1.165, 1.54) is 11.3 Å². The zero-order chi connectivity index (χ0) is 20.1. The Hall–Kier alpha value is -3.05. The topological polar surface area (TPSA) is 105 Å². The molecule has 0 spiro atoms. The SMILES string of the molecule is CC(C)(C)c1noc(CCC(=O)Nc2ncc(Cc3ccc(C#N)cc3)s2)n1. The van der Waals surface area contributed by atoms with Gasteiger partial charge < -0.3 is 9.84 Å². The van der Waals surface area contributed by atoms with Gasteiger partial charge in [0.25, 0.3) is 0 Å². The lowest BCUT2D eigenvalue weighted by Crippen LogP contribution is -2.14. The van der Waals surface area contributed by atoms with Crippen molar-refractivity contribution >= 4 is 22.4 Å². The second-order valence-electron chi connectivity index (χ2n) is 7.43. The second kappa shape index (κ2) is 8.31. The zero-order valence-electron chi connectivity index (χ0n) is 16.0. The number of nitrogens with zero attached hydrogens (tertiary/aromatic N) is 4. The summed E-state index contributed by atoms with van der Waals surface area (Å²) in [7, 11) is 0. The molecule has 3 rings (SSSR count). The molecule has 0 radical (unpaired) electrons. The highest BCUT2D eigenvalue weighted by Gasteiger charge is 2.21. The number of thiazole rings is 1. The fraction of sp³-hybridized carbons (Fsp3) is 0.350. The first kappa shape index (κ1) is 19.7. The van der Waals surface area contributed by atoms with E-state index in [-0.39, 0.29) is 17.7 Å². The third kappa shape index (κ3) is 5.24. The van der Waals surface area contributed by atoms with Gasteiger partial charge in [-0.15, -0.1) is 11.3 Å². The van der Waals surface area contributed by atoms with Crippen molar-refractivity contribution in [2.45, 2.75) is 45.4 Å². The minimum atomic E-state index is -0.184. The number of benzene rings is 1. The van der Waals surface area contributed by atoms with Crippen molar-refractivity contribution in [2.75, 3.05) is 5.32 Å². The normalized spacial score (nSPS) is 11.2. The van der Waals surface area contributed by atoms with E-state index in [2.05, 4.69) is 26.5 Å². The van der Waals surface area contributed by atoms with Crippen LogP contribution in [-0.2, 0) is 23.1 Å². The van der Waals surface area contributed by atoms with E-state index in [0.29, 0.717) is 35.3 Å². The number of nitriles is 1. The highest BCUT2D eigenvalue weighted by molar-refractivity contribution is 7.15. The molecule has 2 aromatic heterocycles. The van der Waals surface area contributed by atoms with Crippen molar-refractivity contribution in [3.8, 4) is 6.07 Å². The van der Waals surface area contributed by atoms with Gasteiger partial charge in [0.05, 0.1) is 11.6 Å². The second-order valence-corrected chi connectivity index (χ2v) is 8.54. The van der Waals surface area contributed by atoms with Crippen LogP contribution in [0.3, 0.4) is 0 Å². The quantitative estimate of drug-likeness (QED) is 0.679. The van der Waals surface area contributed by atoms with Crippen LogP contribution in [-0.4, -0.2) is 21.0 Å². The molecule has 0 saturated carbocycles. The molecular weight excluding hydrogens is 374 g/mol. The molecule has 28 heavy (non-hydrogen) atoms. The Bertz CT molecular complexity index is 993. The van der Waals surface area contributed by atoms with Gasteiger partial charge in [-0.2, -0.15) is 10.2 Å². The largest absolute Gasteiger partial charge is 0.339 e. The molecule has 0 bridgehead atoms. The molecule has 0 fully saturated rings. The van der Waals surface area contributed by atoms with E-state index in [1.807, 2.05) is 32.9 Å². The van der Waals surface area contributed by atoms with Crippen molar-refractivity contribution in [1.82, 2.24) is 15.1 Å². The Kier molecular flexibility index (Phi) is 5.85. The predicted molar refractivity (Wildman–Crippen MR) is 106 cm³/mol. The minimum absolute atomic E-state index is 0.144. The summed E-state index contributed by atoms with van der Waals surface area (Å²) in [5, 5.41) is 16.2. The lowest BCUT2D eigenvalue weighted by atomic mass is 9.96. The maximum absolute atomic E-state index is 12.2. The third-order valence-corrected chi connectivity index (χ3v) is 4.88. The summed E-state index contributed by atoms with van der Waals surface area (Å²) >= 11 is 1.44. The van der Waals surface area contributed by atoms with Gasteiger partial charge in [0, 0.05) is 35.8 Å². The smallest absolute Gasteiger partial charge is 0.227 e. The number of aryl methyl sites for hydroxylation is 1. The van der Waals surface area contributed by atoms with Crippen LogP contribution < -0.4 is 5.32 Å². The first-order valence-corrected chi connectivity index (χ1v) is 9.72. The highest BCUT2D eigenvalue weighted by atomic mass is 32.1. The first-order valence-electron chi connectivity index (χ1n) is 8.90. The van der Waals surface area contributed by atoms with Gasteiger partial charge in [-0.1, -0.05) is 38.1 Å². The maximum atomic E-state index is 12.2. The van der Waals surface area contributed by atoms with Gasteiger partial charge in [0.1, 0.15) is 0 Å². The number of amides is 1. The summed E-state index contributed by atoms with van der Waals surface area (Å²) in [5.41, 5.74) is 1.54. The van der Waals surface area contributed by atoms with Crippen LogP contribution in [0.5, 0.6) is 0 Å². The Morgan fingerprint density at radius 2 is 2.04 bits per heavy atom. The lowest BCUT2D eigenvalue weighted by Gasteiger charge is -2.10. The molecular formula is C20H21N5O2S. The van der Waals surface area contributed by atoms with Gasteiger partial charge in [0.2, 0.25) is 11.8 Å². The summed E-state index contributed by atoms with van der Waals surface area (Å²) in [6, 6.07) is 9.54. The van der Waals surface area contributed by atoms with E-state index in [0.717, 1.165) is 10.4 Å². The van der Waals surface area contributed by atoms with Gasteiger partial charge >= 0.3 is 0 Å². The summed E-state index contributed by atoms with van der Waals surface area (Å²) in [5.74, 6) is 0.950. The summed E-state index contributed by atoms with van der Waals surface area (Å²) in [6.07, 6.45) is 3.09. The molecule has 1 amide bonds. The molecule has 0 saturated heterocycles. The predicted octanol–water partition coefficient (Wildman–Crippen LogP) is 3.86. The number of carbonyl (C=O) groups is 1. The van der Waals surface area contributed by atoms with Gasteiger partial charge in [-0.05, 0) is 17.7 Å². The number of rotatable bonds is 6. The Morgan fingerprint density at radius 1 is 1.29 bits per heavy atom. The lowest BCUT2D eigenvalue weighted by molar-refractivity contribution is -0.116. The van der Waals surface area contributed by atoms with Crippen molar-refractivity contribution in [1.29, 1.82) is 5.26 Å². The van der Waals surface area contributed by atoms with Crippen LogP contribution in [0.25, 0.3) is 0 Å². The first-order chi connectivity index (χ1) is 13.3. The Morgan fingerprint density at radius 3 is 2.68 bits per heavy atom. The standard InChI is InChI=1S/C20H21N5O2S/c1-20(2,3)18-24-17(27-25-18)9-8-16(26)23-19-22-12-15(28-19)10-13-4-6-14(11-21)7-5-13/h4-7,12H,8-10H2,1-3H3,(H,22,23,26). The monoisotopic (exact) mass is 395 g/mol. The van der Waals surface area contributed by atoms with Crippen LogP contribution in [0, 0.1) is 11.3 Å². The Labute approximate surface area is 167 Å². The number of anilines is 1. The van der Waals surface area contributed by atoms with Gasteiger partial charge in [-0.25, -0.2) is 4.98 Å². The summed E-state index contributed by atoms with van der Waals surface area (Å²) in [6.45, 7) is 6.02. The molecule has 8 heteroatoms.